The van der Waals surface area contributed by atoms with Gasteiger partial charge in [-0.2, -0.15) is 0 Å². The van der Waals surface area contributed by atoms with E-state index in [0.29, 0.717) is 17.9 Å². The molecule has 0 aliphatic carbocycles. The minimum absolute atomic E-state index is 0.0196. The molecular formula is C17H17BrF2O. The molecule has 21 heavy (non-hydrogen) atoms. The third kappa shape index (κ3) is 3.69. The van der Waals surface area contributed by atoms with Crippen LogP contribution in [-0.2, 0) is 6.42 Å². The standard InChI is InChI=1S/C17H17BrF2O/c1-10(2)12-5-3-11(4-6-12)9-15(21)13-7-8-14(19)17(20)16(13)18/h3-8,10,15,21H,9H2,1-2H3. The molecule has 0 amide bonds. The fraction of sp³-hybridized carbons (Fsp3) is 0.294. The highest BCUT2D eigenvalue weighted by Gasteiger charge is 2.17. The van der Waals surface area contributed by atoms with Crippen LogP contribution in [0, 0.1) is 11.6 Å². The molecule has 0 heterocycles. The molecule has 2 aromatic rings. The summed E-state index contributed by atoms with van der Waals surface area (Å²) in [6, 6.07) is 10.4. The zero-order chi connectivity index (χ0) is 15.6. The maximum Gasteiger partial charge on any atom is 0.173 e. The fourth-order valence-corrected chi connectivity index (χ4v) is 2.76. The number of halogens is 3. The summed E-state index contributed by atoms with van der Waals surface area (Å²) in [5.74, 6) is -1.45. The first-order valence-electron chi connectivity index (χ1n) is 6.80. The molecule has 0 aromatic heterocycles. The lowest BCUT2D eigenvalue weighted by molar-refractivity contribution is 0.177. The number of hydrogen-bond acceptors (Lipinski definition) is 1. The van der Waals surface area contributed by atoms with Crippen LogP contribution in [0.1, 0.15) is 42.6 Å². The van der Waals surface area contributed by atoms with Crippen LogP contribution in [0.5, 0.6) is 0 Å². The highest BCUT2D eigenvalue weighted by molar-refractivity contribution is 9.10. The van der Waals surface area contributed by atoms with Crippen molar-refractivity contribution in [3.8, 4) is 0 Å². The molecule has 1 nitrogen and oxygen atoms in total. The van der Waals surface area contributed by atoms with Crippen molar-refractivity contribution in [2.45, 2.75) is 32.3 Å². The molecule has 1 atom stereocenters. The lowest BCUT2D eigenvalue weighted by Crippen LogP contribution is -2.05. The second-order valence-electron chi connectivity index (χ2n) is 5.38. The van der Waals surface area contributed by atoms with Crippen molar-refractivity contribution in [3.05, 3.63) is 69.2 Å². The third-order valence-electron chi connectivity index (χ3n) is 3.50. The van der Waals surface area contributed by atoms with Gasteiger partial charge in [0.25, 0.3) is 0 Å². The molecule has 1 N–H and O–H groups in total. The van der Waals surface area contributed by atoms with Gasteiger partial charge in [-0.15, -0.1) is 0 Å². The highest BCUT2D eigenvalue weighted by Crippen LogP contribution is 2.30. The van der Waals surface area contributed by atoms with Crippen molar-refractivity contribution in [1.29, 1.82) is 0 Å². The first kappa shape index (κ1) is 16.1. The van der Waals surface area contributed by atoms with Crippen LogP contribution in [0.25, 0.3) is 0 Å². The predicted octanol–water partition coefficient (Wildman–Crippen LogP) is 5.13. The molecule has 0 aliphatic rings. The van der Waals surface area contributed by atoms with E-state index in [-0.39, 0.29) is 4.47 Å². The second kappa shape index (κ2) is 6.67. The van der Waals surface area contributed by atoms with E-state index in [1.165, 1.54) is 11.6 Å². The van der Waals surface area contributed by atoms with E-state index in [0.717, 1.165) is 11.6 Å². The molecule has 0 bridgehead atoms. The lowest BCUT2D eigenvalue weighted by Gasteiger charge is -2.14. The first-order chi connectivity index (χ1) is 9.90. The molecule has 4 heteroatoms. The fourth-order valence-electron chi connectivity index (χ4n) is 2.17. The van der Waals surface area contributed by atoms with Gasteiger partial charge in [0.1, 0.15) is 0 Å². The van der Waals surface area contributed by atoms with Crippen molar-refractivity contribution in [2.24, 2.45) is 0 Å². The number of hydrogen-bond donors (Lipinski definition) is 1. The van der Waals surface area contributed by atoms with Crippen molar-refractivity contribution >= 4 is 15.9 Å². The molecular weight excluding hydrogens is 338 g/mol. The van der Waals surface area contributed by atoms with Crippen LogP contribution in [0.2, 0.25) is 0 Å². The van der Waals surface area contributed by atoms with E-state index in [1.807, 2.05) is 24.3 Å². The highest BCUT2D eigenvalue weighted by atomic mass is 79.9. The number of rotatable bonds is 4. The Balaban J connectivity index is 2.18. The van der Waals surface area contributed by atoms with Gasteiger partial charge < -0.3 is 5.11 Å². The van der Waals surface area contributed by atoms with Crippen LogP contribution in [0.3, 0.4) is 0 Å². The second-order valence-corrected chi connectivity index (χ2v) is 6.17. The quantitative estimate of drug-likeness (QED) is 0.754. The Morgan fingerprint density at radius 1 is 1.05 bits per heavy atom. The van der Waals surface area contributed by atoms with Crippen LogP contribution in [-0.4, -0.2) is 5.11 Å². The Morgan fingerprint density at radius 2 is 1.67 bits per heavy atom. The van der Waals surface area contributed by atoms with Crippen LogP contribution in [0.15, 0.2) is 40.9 Å². The van der Waals surface area contributed by atoms with Gasteiger partial charge in [-0.1, -0.05) is 44.2 Å². The number of benzene rings is 2. The third-order valence-corrected chi connectivity index (χ3v) is 4.31. The molecule has 2 aromatic carbocycles. The Hall–Kier alpha value is -1.26. The van der Waals surface area contributed by atoms with Gasteiger partial charge in [-0.3, -0.25) is 0 Å². The summed E-state index contributed by atoms with van der Waals surface area (Å²) < 4.78 is 26.6. The first-order valence-corrected chi connectivity index (χ1v) is 7.59. The summed E-state index contributed by atoms with van der Waals surface area (Å²) in [6.07, 6.45) is -0.540. The van der Waals surface area contributed by atoms with Crippen LogP contribution < -0.4 is 0 Å². The lowest BCUT2D eigenvalue weighted by atomic mass is 9.97. The number of aliphatic hydroxyl groups is 1. The molecule has 1 unspecified atom stereocenters. The van der Waals surface area contributed by atoms with Gasteiger partial charge in [0.15, 0.2) is 11.6 Å². The predicted molar refractivity (Wildman–Crippen MR) is 83.3 cm³/mol. The van der Waals surface area contributed by atoms with E-state index >= 15 is 0 Å². The van der Waals surface area contributed by atoms with E-state index < -0.39 is 17.7 Å². The summed E-state index contributed by atoms with van der Waals surface area (Å²) in [6.45, 7) is 4.23. The van der Waals surface area contributed by atoms with Crippen molar-refractivity contribution in [1.82, 2.24) is 0 Å². The van der Waals surface area contributed by atoms with Crippen molar-refractivity contribution in [3.63, 3.8) is 0 Å². The molecule has 0 aliphatic heterocycles. The summed E-state index contributed by atoms with van der Waals surface area (Å²) in [5.41, 5.74) is 2.52. The van der Waals surface area contributed by atoms with E-state index in [2.05, 4.69) is 29.8 Å². The van der Waals surface area contributed by atoms with Crippen LogP contribution >= 0.6 is 15.9 Å². The zero-order valence-electron chi connectivity index (χ0n) is 11.9. The smallest absolute Gasteiger partial charge is 0.173 e. The molecule has 0 saturated carbocycles. The molecule has 0 radical (unpaired) electrons. The molecule has 0 fully saturated rings. The van der Waals surface area contributed by atoms with Gasteiger partial charge >= 0.3 is 0 Å². The van der Waals surface area contributed by atoms with Crippen molar-refractivity contribution in [2.75, 3.05) is 0 Å². The molecule has 2 rings (SSSR count). The van der Waals surface area contributed by atoms with E-state index in [4.69, 9.17) is 0 Å². The normalized spacial score (nSPS) is 12.7. The largest absolute Gasteiger partial charge is 0.388 e. The van der Waals surface area contributed by atoms with Crippen molar-refractivity contribution < 1.29 is 13.9 Å². The van der Waals surface area contributed by atoms with Gasteiger partial charge in [-0.05, 0) is 44.6 Å². The topological polar surface area (TPSA) is 20.2 Å². The van der Waals surface area contributed by atoms with Gasteiger partial charge in [-0.25, -0.2) is 8.78 Å². The zero-order valence-corrected chi connectivity index (χ0v) is 13.5. The van der Waals surface area contributed by atoms with Crippen LogP contribution in [0.4, 0.5) is 8.78 Å². The summed E-state index contributed by atoms with van der Waals surface area (Å²) in [7, 11) is 0. The Morgan fingerprint density at radius 3 is 2.24 bits per heavy atom. The van der Waals surface area contributed by atoms with Gasteiger partial charge in [0.2, 0.25) is 0 Å². The summed E-state index contributed by atoms with van der Waals surface area (Å²) in [4.78, 5) is 0. The summed E-state index contributed by atoms with van der Waals surface area (Å²) >= 11 is 3.00. The SMILES string of the molecule is CC(C)c1ccc(CC(O)c2ccc(F)c(F)c2Br)cc1. The Bertz CT molecular complexity index is 623. The Labute approximate surface area is 131 Å². The average Bonchev–Trinajstić information content (AvgIpc) is 2.45. The minimum atomic E-state index is -0.971. The summed E-state index contributed by atoms with van der Waals surface area (Å²) in [5, 5.41) is 10.2. The Kier molecular flexibility index (Phi) is 5.12. The average molecular weight is 355 g/mol. The number of aliphatic hydroxyl groups excluding tert-OH is 1. The van der Waals surface area contributed by atoms with Gasteiger partial charge in [0.05, 0.1) is 10.6 Å². The molecule has 112 valence electrons. The molecule has 0 spiro atoms. The molecule has 0 saturated heterocycles. The van der Waals surface area contributed by atoms with E-state index in [1.54, 1.807) is 0 Å². The maximum absolute atomic E-state index is 13.5. The van der Waals surface area contributed by atoms with E-state index in [9.17, 15) is 13.9 Å². The monoisotopic (exact) mass is 354 g/mol. The minimum Gasteiger partial charge on any atom is -0.388 e. The van der Waals surface area contributed by atoms with Gasteiger partial charge in [0, 0.05) is 6.42 Å². The maximum atomic E-state index is 13.5.